The van der Waals surface area contributed by atoms with Gasteiger partial charge in [0, 0.05) is 25.3 Å². The molecule has 0 saturated carbocycles. The Balaban J connectivity index is 1.38. The number of rotatable bonds is 6. The van der Waals surface area contributed by atoms with E-state index < -0.39 is 0 Å². The van der Waals surface area contributed by atoms with Crippen molar-refractivity contribution in [1.82, 2.24) is 25.2 Å². The summed E-state index contributed by atoms with van der Waals surface area (Å²) in [6, 6.07) is 8.36. The summed E-state index contributed by atoms with van der Waals surface area (Å²) >= 11 is 5.06. The number of anilines is 1. The summed E-state index contributed by atoms with van der Waals surface area (Å²) in [5, 5.41) is 12.4. The van der Waals surface area contributed by atoms with Crippen LogP contribution in [0.2, 0.25) is 0 Å². The van der Waals surface area contributed by atoms with Crippen LogP contribution in [0.15, 0.2) is 38.8 Å². The summed E-state index contributed by atoms with van der Waals surface area (Å²) in [6.07, 6.45) is 4.03. The summed E-state index contributed by atoms with van der Waals surface area (Å²) < 4.78 is 6.48. The summed E-state index contributed by atoms with van der Waals surface area (Å²) in [6.45, 7) is 2.57. The van der Waals surface area contributed by atoms with Crippen molar-refractivity contribution in [3.8, 4) is 10.7 Å². The standard InChI is InChI=1S/C17H19BrN6OS/c1-23(10-12-4-3-9-24(12)15-5-2-8-19-21-15)11-16-20-17(22-25-16)13-6-7-14(18)26-13/h2,5-8,12H,3-4,9-11H2,1H3. The van der Waals surface area contributed by atoms with Crippen LogP contribution in [0.1, 0.15) is 18.7 Å². The minimum atomic E-state index is 0.423. The van der Waals surface area contributed by atoms with Gasteiger partial charge < -0.3 is 9.42 Å². The predicted molar refractivity (Wildman–Crippen MR) is 104 cm³/mol. The van der Waals surface area contributed by atoms with Gasteiger partial charge in [-0.1, -0.05) is 5.16 Å². The van der Waals surface area contributed by atoms with Crippen LogP contribution in [-0.4, -0.2) is 51.4 Å². The highest BCUT2D eigenvalue weighted by molar-refractivity contribution is 9.11. The average Bonchev–Trinajstić information content (AvgIpc) is 3.37. The molecular weight excluding hydrogens is 416 g/mol. The van der Waals surface area contributed by atoms with Gasteiger partial charge in [-0.05, 0) is 60.1 Å². The lowest BCUT2D eigenvalue weighted by molar-refractivity contribution is 0.254. The molecule has 0 spiro atoms. The van der Waals surface area contributed by atoms with E-state index in [0.29, 0.717) is 24.3 Å². The second-order valence-electron chi connectivity index (χ2n) is 6.38. The topological polar surface area (TPSA) is 71.2 Å². The van der Waals surface area contributed by atoms with E-state index in [4.69, 9.17) is 4.52 Å². The highest BCUT2D eigenvalue weighted by atomic mass is 79.9. The fourth-order valence-corrected chi connectivity index (χ4v) is 4.59. The lowest BCUT2D eigenvalue weighted by Gasteiger charge is -2.28. The van der Waals surface area contributed by atoms with Crippen molar-refractivity contribution in [3.63, 3.8) is 0 Å². The smallest absolute Gasteiger partial charge is 0.241 e. The third-order valence-corrected chi connectivity index (χ3v) is 6.04. The molecule has 4 heterocycles. The molecule has 0 aromatic carbocycles. The highest BCUT2D eigenvalue weighted by Crippen LogP contribution is 2.29. The molecule has 3 aromatic rings. The molecule has 3 aromatic heterocycles. The van der Waals surface area contributed by atoms with Gasteiger partial charge in [0.25, 0.3) is 0 Å². The van der Waals surface area contributed by atoms with Gasteiger partial charge in [-0.2, -0.15) is 10.1 Å². The Bertz CT molecular complexity index is 854. The van der Waals surface area contributed by atoms with Gasteiger partial charge in [0.2, 0.25) is 11.7 Å². The zero-order valence-electron chi connectivity index (χ0n) is 14.4. The first-order valence-corrected chi connectivity index (χ1v) is 10.1. The zero-order chi connectivity index (χ0) is 17.9. The first kappa shape index (κ1) is 17.6. The molecule has 4 rings (SSSR count). The number of nitrogens with zero attached hydrogens (tertiary/aromatic N) is 6. The van der Waals surface area contributed by atoms with Crippen molar-refractivity contribution in [2.45, 2.75) is 25.4 Å². The Morgan fingerprint density at radius 2 is 2.31 bits per heavy atom. The summed E-state index contributed by atoms with van der Waals surface area (Å²) in [5.74, 6) is 2.23. The average molecular weight is 435 g/mol. The van der Waals surface area contributed by atoms with E-state index in [9.17, 15) is 0 Å². The van der Waals surface area contributed by atoms with E-state index in [0.717, 1.165) is 34.0 Å². The van der Waals surface area contributed by atoms with Crippen LogP contribution >= 0.6 is 27.3 Å². The molecular formula is C17H19BrN6OS. The van der Waals surface area contributed by atoms with Gasteiger partial charge in [-0.3, -0.25) is 4.90 Å². The van der Waals surface area contributed by atoms with Gasteiger partial charge >= 0.3 is 0 Å². The van der Waals surface area contributed by atoms with E-state index in [1.807, 2.05) is 24.3 Å². The second kappa shape index (κ2) is 7.81. The number of hydrogen-bond acceptors (Lipinski definition) is 8. The van der Waals surface area contributed by atoms with Crippen molar-refractivity contribution in [2.75, 3.05) is 25.0 Å². The van der Waals surface area contributed by atoms with E-state index in [2.05, 4.69) is 53.1 Å². The second-order valence-corrected chi connectivity index (χ2v) is 8.85. The van der Waals surface area contributed by atoms with Gasteiger partial charge in [-0.25, -0.2) is 0 Å². The predicted octanol–water partition coefficient (Wildman–Crippen LogP) is 3.45. The Morgan fingerprint density at radius 3 is 3.08 bits per heavy atom. The fourth-order valence-electron chi connectivity index (χ4n) is 3.28. The van der Waals surface area contributed by atoms with Gasteiger partial charge in [0.1, 0.15) is 0 Å². The monoisotopic (exact) mass is 434 g/mol. The molecule has 1 aliphatic heterocycles. The Kier molecular flexibility index (Phi) is 5.28. The molecule has 1 saturated heterocycles. The first-order chi connectivity index (χ1) is 12.7. The van der Waals surface area contributed by atoms with Gasteiger partial charge in [-0.15, -0.1) is 16.4 Å². The normalized spacial score (nSPS) is 17.3. The molecule has 26 heavy (non-hydrogen) atoms. The number of aromatic nitrogens is 4. The molecule has 7 nitrogen and oxygen atoms in total. The third-order valence-electron chi connectivity index (χ3n) is 4.42. The maximum absolute atomic E-state index is 5.43. The lowest BCUT2D eigenvalue weighted by Crippen LogP contribution is -2.39. The maximum atomic E-state index is 5.43. The number of thiophene rings is 1. The van der Waals surface area contributed by atoms with Crippen LogP contribution in [0.4, 0.5) is 5.82 Å². The van der Waals surface area contributed by atoms with Gasteiger partial charge in [0.15, 0.2) is 5.82 Å². The lowest BCUT2D eigenvalue weighted by atomic mass is 10.2. The molecule has 1 atom stereocenters. The molecule has 0 amide bonds. The van der Waals surface area contributed by atoms with Crippen molar-refractivity contribution >= 4 is 33.1 Å². The van der Waals surface area contributed by atoms with Crippen molar-refractivity contribution in [1.29, 1.82) is 0 Å². The molecule has 1 fully saturated rings. The quantitative estimate of drug-likeness (QED) is 0.587. The highest BCUT2D eigenvalue weighted by Gasteiger charge is 2.27. The Morgan fingerprint density at radius 1 is 1.38 bits per heavy atom. The summed E-state index contributed by atoms with van der Waals surface area (Å²) in [4.78, 5) is 10.1. The van der Waals surface area contributed by atoms with Crippen molar-refractivity contribution < 1.29 is 4.52 Å². The molecule has 136 valence electrons. The van der Waals surface area contributed by atoms with Crippen LogP contribution < -0.4 is 4.90 Å². The maximum Gasteiger partial charge on any atom is 0.241 e. The fraction of sp³-hybridized carbons (Fsp3) is 0.412. The van der Waals surface area contributed by atoms with Crippen molar-refractivity contribution in [3.05, 3.63) is 40.1 Å². The van der Waals surface area contributed by atoms with E-state index in [1.165, 1.54) is 6.42 Å². The Labute approximate surface area is 164 Å². The minimum absolute atomic E-state index is 0.423. The van der Waals surface area contributed by atoms with E-state index >= 15 is 0 Å². The summed E-state index contributed by atoms with van der Waals surface area (Å²) in [5.41, 5.74) is 0. The Hall–Kier alpha value is -1.84. The molecule has 1 aliphatic rings. The number of hydrogen-bond donors (Lipinski definition) is 0. The molecule has 0 N–H and O–H groups in total. The number of likely N-dealkylation sites (N-methyl/N-ethyl adjacent to an activating group) is 1. The minimum Gasteiger partial charge on any atom is -0.351 e. The SMILES string of the molecule is CN(Cc1nc(-c2ccc(Br)s2)no1)CC1CCCN1c1cccnn1. The van der Waals surface area contributed by atoms with Crippen LogP contribution in [-0.2, 0) is 6.54 Å². The molecule has 0 bridgehead atoms. The molecule has 1 unspecified atom stereocenters. The van der Waals surface area contributed by atoms with E-state index in [-0.39, 0.29) is 0 Å². The molecule has 0 radical (unpaired) electrons. The van der Waals surface area contributed by atoms with Crippen LogP contribution in [0.5, 0.6) is 0 Å². The van der Waals surface area contributed by atoms with Crippen LogP contribution in [0, 0.1) is 0 Å². The van der Waals surface area contributed by atoms with Crippen molar-refractivity contribution in [2.24, 2.45) is 0 Å². The molecule has 9 heteroatoms. The van der Waals surface area contributed by atoms with E-state index in [1.54, 1.807) is 17.5 Å². The summed E-state index contributed by atoms with van der Waals surface area (Å²) in [7, 11) is 2.08. The first-order valence-electron chi connectivity index (χ1n) is 8.50. The largest absolute Gasteiger partial charge is 0.351 e. The van der Waals surface area contributed by atoms with Gasteiger partial charge in [0.05, 0.1) is 15.2 Å². The van der Waals surface area contributed by atoms with Crippen LogP contribution in [0.25, 0.3) is 10.7 Å². The number of halogens is 1. The third kappa shape index (κ3) is 3.94. The van der Waals surface area contributed by atoms with Crippen LogP contribution in [0.3, 0.4) is 0 Å². The zero-order valence-corrected chi connectivity index (χ0v) is 16.8. The molecule has 0 aliphatic carbocycles.